The highest BCUT2D eigenvalue weighted by atomic mass is 32.1. The lowest BCUT2D eigenvalue weighted by molar-refractivity contribution is 0.509. The van der Waals surface area contributed by atoms with Crippen molar-refractivity contribution in [2.24, 2.45) is 11.8 Å². The minimum Gasteiger partial charge on any atom is -0.369 e. The molecule has 2 aliphatic carbocycles. The average Bonchev–Trinajstić information content (AvgIpc) is 3.15. The summed E-state index contributed by atoms with van der Waals surface area (Å²) in [7, 11) is 0. The Morgan fingerprint density at radius 3 is 3.05 bits per heavy atom. The van der Waals surface area contributed by atoms with Crippen molar-refractivity contribution in [1.82, 2.24) is 9.97 Å². The molecule has 4 rings (SSSR count). The minimum absolute atomic E-state index is 0.816. The van der Waals surface area contributed by atoms with Gasteiger partial charge >= 0.3 is 0 Å². The maximum absolute atomic E-state index is 4.49. The highest BCUT2D eigenvalue weighted by molar-refractivity contribution is 7.19. The van der Waals surface area contributed by atoms with Crippen LogP contribution in [0.3, 0.4) is 0 Å². The molecule has 0 amide bonds. The van der Waals surface area contributed by atoms with E-state index in [1.807, 2.05) is 11.3 Å². The number of anilines is 1. The Morgan fingerprint density at radius 1 is 1.32 bits per heavy atom. The summed E-state index contributed by atoms with van der Waals surface area (Å²) in [4.78, 5) is 11.7. The number of nitrogens with one attached hydrogen (secondary N) is 1. The number of rotatable bonds is 3. The molecule has 1 atom stereocenters. The van der Waals surface area contributed by atoms with Gasteiger partial charge < -0.3 is 5.32 Å². The minimum atomic E-state index is 0.816. The van der Waals surface area contributed by atoms with Crippen LogP contribution in [0.2, 0.25) is 0 Å². The van der Waals surface area contributed by atoms with Gasteiger partial charge in [0.15, 0.2) is 0 Å². The molecule has 0 aliphatic heterocycles. The standard InChI is InChI=1S/C15H19N3S/c1-9-2-5-11-12(6-9)19-15-13(11)14(17-8-18-15)16-7-10-3-4-10/h8-10H,2-7H2,1H3,(H,16,17,18). The zero-order valence-corrected chi connectivity index (χ0v) is 12.1. The largest absolute Gasteiger partial charge is 0.369 e. The van der Waals surface area contributed by atoms with Crippen molar-refractivity contribution in [3.63, 3.8) is 0 Å². The Bertz CT molecular complexity index is 615. The van der Waals surface area contributed by atoms with Crippen LogP contribution in [0.4, 0.5) is 5.82 Å². The van der Waals surface area contributed by atoms with Gasteiger partial charge in [0.25, 0.3) is 0 Å². The second-order valence-corrected chi connectivity index (χ2v) is 7.16. The molecule has 1 unspecified atom stereocenters. The van der Waals surface area contributed by atoms with Crippen molar-refractivity contribution >= 4 is 27.4 Å². The van der Waals surface area contributed by atoms with Crippen molar-refractivity contribution < 1.29 is 0 Å². The van der Waals surface area contributed by atoms with Crippen molar-refractivity contribution in [2.45, 2.75) is 39.0 Å². The Hall–Kier alpha value is -1.16. The van der Waals surface area contributed by atoms with E-state index in [4.69, 9.17) is 0 Å². The highest BCUT2D eigenvalue weighted by Crippen LogP contribution is 2.40. The number of thiophene rings is 1. The Morgan fingerprint density at radius 2 is 2.21 bits per heavy atom. The molecule has 0 spiro atoms. The van der Waals surface area contributed by atoms with E-state index >= 15 is 0 Å². The Kier molecular flexibility index (Phi) is 2.72. The van der Waals surface area contributed by atoms with Crippen molar-refractivity contribution in [3.05, 3.63) is 16.8 Å². The van der Waals surface area contributed by atoms with Crippen LogP contribution < -0.4 is 5.32 Å². The topological polar surface area (TPSA) is 37.8 Å². The summed E-state index contributed by atoms with van der Waals surface area (Å²) < 4.78 is 0. The third kappa shape index (κ3) is 2.12. The van der Waals surface area contributed by atoms with E-state index in [0.29, 0.717) is 0 Å². The maximum atomic E-state index is 4.49. The monoisotopic (exact) mass is 273 g/mol. The van der Waals surface area contributed by atoms with Gasteiger partial charge in [-0.05, 0) is 49.5 Å². The molecule has 3 nitrogen and oxygen atoms in total. The molecule has 2 heterocycles. The van der Waals surface area contributed by atoms with Crippen molar-refractivity contribution in [2.75, 3.05) is 11.9 Å². The first-order chi connectivity index (χ1) is 9.31. The smallest absolute Gasteiger partial charge is 0.138 e. The van der Waals surface area contributed by atoms with Crippen molar-refractivity contribution in [1.29, 1.82) is 0 Å². The van der Waals surface area contributed by atoms with Crippen LogP contribution >= 0.6 is 11.3 Å². The number of nitrogens with zero attached hydrogens (tertiary/aromatic N) is 2. The van der Waals surface area contributed by atoms with Crippen LogP contribution in [0.15, 0.2) is 6.33 Å². The Balaban J connectivity index is 1.75. The molecule has 0 saturated heterocycles. The van der Waals surface area contributed by atoms with E-state index in [9.17, 15) is 0 Å². The summed E-state index contributed by atoms with van der Waals surface area (Å²) in [5, 5.41) is 4.87. The SMILES string of the molecule is CC1CCc2c(sc3ncnc(NCC4CC4)c23)C1. The Labute approximate surface area is 117 Å². The van der Waals surface area contributed by atoms with Gasteiger partial charge in [0, 0.05) is 11.4 Å². The van der Waals surface area contributed by atoms with E-state index < -0.39 is 0 Å². The summed E-state index contributed by atoms with van der Waals surface area (Å²) in [5.74, 6) is 2.76. The fourth-order valence-corrected chi connectivity index (χ4v) is 4.32. The average molecular weight is 273 g/mol. The van der Waals surface area contributed by atoms with Crippen LogP contribution in [0, 0.1) is 11.8 Å². The van der Waals surface area contributed by atoms with Crippen LogP contribution in [-0.4, -0.2) is 16.5 Å². The second kappa shape index (κ2) is 4.44. The zero-order valence-electron chi connectivity index (χ0n) is 11.3. The molecule has 19 heavy (non-hydrogen) atoms. The molecular formula is C15H19N3S. The second-order valence-electron chi connectivity index (χ2n) is 6.08. The van der Waals surface area contributed by atoms with Gasteiger partial charge in [-0.15, -0.1) is 11.3 Å². The molecule has 0 bridgehead atoms. The number of aryl methyl sites for hydroxylation is 1. The molecule has 0 radical (unpaired) electrons. The van der Waals surface area contributed by atoms with Crippen molar-refractivity contribution in [3.8, 4) is 0 Å². The zero-order chi connectivity index (χ0) is 12.8. The van der Waals surface area contributed by atoms with Gasteiger partial charge in [-0.1, -0.05) is 6.92 Å². The normalized spacial score (nSPS) is 22.5. The lowest BCUT2D eigenvalue weighted by Gasteiger charge is -2.18. The first-order valence-electron chi connectivity index (χ1n) is 7.30. The quantitative estimate of drug-likeness (QED) is 0.928. The summed E-state index contributed by atoms with van der Waals surface area (Å²) in [6.45, 7) is 3.43. The maximum Gasteiger partial charge on any atom is 0.138 e. The summed E-state index contributed by atoms with van der Waals surface area (Å²) >= 11 is 1.88. The lowest BCUT2D eigenvalue weighted by Crippen LogP contribution is -2.10. The first-order valence-corrected chi connectivity index (χ1v) is 8.12. The summed E-state index contributed by atoms with van der Waals surface area (Å²) in [5.41, 5.74) is 1.52. The third-order valence-electron chi connectivity index (χ3n) is 4.35. The molecule has 0 aromatic carbocycles. The van der Waals surface area contributed by atoms with E-state index in [2.05, 4.69) is 22.2 Å². The van der Waals surface area contributed by atoms with Gasteiger partial charge in [-0.25, -0.2) is 9.97 Å². The molecule has 2 aliphatic rings. The molecule has 100 valence electrons. The van der Waals surface area contributed by atoms with Crippen LogP contribution in [0.1, 0.15) is 36.6 Å². The molecule has 1 saturated carbocycles. The number of hydrogen-bond acceptors (Lipinski definition) is 4. The summed E-state index contributed by atoms with van der Waals surface area (Å²) in [6, 6.07) is 0. The predicted octanol–water partition coefficient (Wildman–Crippen LogP) is 3.64. The van der Waals surface area contributed by atoms with Gasteiger partial charge in [-0.2, -0.15) is 0 Å². The van der Waals surface area contributed by atoms with Crippen LogP contribution in [-0.2, 0) is 12.8 Å². The van der Waals surface area contributed by atoms with Gasteiger partial charge in [0.1, 0.15) is 17.0 Å². The first kappa shape index (κ1) is 11.6. The van der Waals surface area contributed by atoms with E-state index in [0.717, 1.165) is 24.2 Å². The van der Waals surface area contributed by atoms with E-state index in [1.54, 1.807) is 11.2 Å². The molecular weight excluding hydrogens is 254 g/mol. The van der Waals surface area contributed by atoms with Gasteiger partial charge in [0.05, 0.1) is 5.39 Å². The van der Waals surface area contributed by atoms with Crippen LogP contribution in [0.5, 0.6) is 0 Å². The fourth-order valence-electron chi connectivity index (χ4n) is 2.97. The predicted molar refractivity (Wildman–Crippen MR) is 79.8 cm³/mol. The molecule has 1 fully saturated rings. The summed E-state index contributed by atoms with van der Waals surface area (Å²) in [6.07, 6.45) is 8.18. The number of fused-ring (bicyclic) bond motifs is 3. The van der Waals surface area contributed by atoms with E-state index in [-0.39, 0.29) is 0 Å². The third-order valence-corrected chi connectivity index (χ3v) is 5.51. The highest BCUT2D eigenvalue weighted by Gasteiger charge is 2.24. The molecule has 2 aromatic heterocycles. The molecule has 2 aromatic rings. The number of aromatic nitrogens is 2. The lowest BCUT2D eigenvalue weighted by atomic mass is 9.89. The van der Waals surface area contributed by atoms with Crippen LogP contribution in [0.25, 0.3) is 10.2 Å². The van der Waals surface area contributed by atoms with Gasteiger partial charge in [-0.3, -0.25) is 0 Å². The fraction of sp³-hybridized carbons (Fsp3) is 0.600. The molecule has 4 heteroatoms. The van der Waals surface area contributed by atoms with Gasteiger partial charge in [0.2, 0.25) is 0 Å². The number of hydrogen-bond donors (Lipinski definition) is 1. The van der Waals surface area contributed by atoms with E-state index in [1.165, 1.54) is 47.9 Å². The molecule has 1 N–H and O–H groups in total.